The number of hydrogen-bond donors (Lipinski definition) is 0. The molecule has 0 amide bonds. The fraction of sp³-hybridized carbons (Fsp3) is 0.231. The van der Waals surface area contributed by atoms with E-state index in [2.05, 4.69) is 4.40 Å². The molecular weight excluding hydrogens is 392 g/mol. The van der Waals surface area contributed by atoms with Crippen molar-refractivity contribution < 1.29 is 13.2 Å². The fourth-order valence-corrected chi connectivity index (χ4v) is 4.03. The Bertz CT molecular complexity index is 785. The molecule has 0 aliphatic heterocycles. The summed E-state index contributed by atoms with van der Waals surface area (Å²) in [5.74, 6) is -0.683. The van der Waals surface area contributed by atoms with Crippen molar-refractivity contribution in [1.29, 1.82) is 0 Å². The van der Waals surface area contributed by atoms with Crippen LogP contribution in [0.25, 0.3) is 0 Å². The zero-order valence-electron chi connectivity index (χ0n) is 11.1. The van der Waals surface area contributed by atoms with Gasteiger partial charge in [0.2, 0.25) is 0 Å². The van der Waals surface area contributed by atoms with Crippen LogP contribution in [-0.2, 0) is 14.8 Å². The Kier molecular flexibility index (Phi) is 4.95. The number of sulfonamides is 1. The van der Waals surface area contributed by atoms with Gasteiger partial charge in [0.25, 0.3) is 10.0 Å². The number of halogens is 4. The Morgan fingerprint density at radius 1 is 1.14 bits per heavy atom. The van der Waals surface area contributed by atoms with Crippen molar-refractivity contribution in [3.63, 3.8) is 0 Å². The summed E-state index contributed by atoms with van der Waals surface area (Å²) >= 11 is 23.9. The van der Waals surface area contributed by atoms with Crippen molar-refractivity contribution in [2.75, 3.05) is 0 Å². The smallest absolute Gasteiger partial charge is 0.282 e. The molecule has 0 saturated carbocycles. The van der Waals surface area contributed by atoms with Crippen molar-refractivity contribution in [1.82, 2.24) is 0 Å². The number of rotatable bonds is 2. The molecule has 9 heteroatoms. The molecule has 1 aromatic rings. The second kappa shape index (κ2) is 6.13. The second-order valence-electron chi connectivity index (χ2n) is 4.66. The molecule has 2 unspecified atom stereocenters. The highest BCUT2D eigenvalue weighted by Gasteiger charge is 2.49. The van der Waals surface area contributed by atoms with Gasteiger partial charge in [-0.3, -0.25) is 4.79 Å². The molecule has 0 fully saturated rings. The number of benzene rings is 1. The van der Waals surface area contributed by atoms with Crippen LogP contribution in [-0.4, -0.2) is 30.2 Å². The summed E-state index contributed by atoms with van der Waals surface area (Å²) in [7, 11) is -4.06. The van der Waals surface area contributed by atoms with E-state index in [1.165, 1.54) is 19.1 Å². The minimum Gasteiger partial charge on any atom is -0.291 e. The highest BCUT2D eigenvalue weighted by atomic mass is 35.5. The minimum atomic E-state index is -4.06. The first kappa shape index (κ1) is 17.8. The van der Waals surface area contributed by atoms with E-state index < -0.39 is 31.1 Å². The molecule has 0 radical (unpaired) electrons. The maximum absolute atomic E-state index is 12.3. The summed E-state index contributed by atoms with van der Waals surface area (Å²) < 4.78 is 28.2. The zero-order valence-corrected chi connectivity index (χ0v) is 14.9. The second-order valence-corrected chi connectivity index (χ2v) is 8.24. The molecule has 0 bridgehead atoms. The summed E-state index contributed by atoms with van der Waals surface area (Å²) in [6, 6.07) is 7.50. The van der Waals surface area contributed by atoms with Gasteiger partial charge < -0.3 is 0 Å². The van der Waals surface area contributed by atoms with Gasteiger partial charge in [-0.15, -0.1) is 23.2 Å². The predicted octanol–water partition coefficient (Wildman–Crippen LogP) is 3.69. The number of carbonyl (C=O) groups excluding carboxylic acids is 1. The Hall–Kier alpha value is -0.590. The average Bonchev–Trinajstić information content (AvgIpc) is 2.49. The molecule has 0 saturated heterocycles. The lowest BCUT2D eigenvalue weighted by Crippen LogP contribution is -2.47. The van der Waals surface area contributed by atoms with Crippen LogP contribution in [0.3, 0.4) is 0 Å². The Morgan fingerprint density at radius 3 is 2.23 bits per heavy atom. The Morgan fingerprint density at radius 2 is 1.68 bits per heavy atom. The molecule has 4 nitrogen and oxygen atoms in total. The van der Waals surface area contributed by atoms with Crippen molar-refractivity contribution in [2.24, 2.45) is 4.40 Å². The van der Waals surface area contributed by atoms with Gasteiger partial charge in [-0.2, -0.15) is 12.8 Å². The maximum Gasteiger partial charge on any atom is 0.282 e. The topological polar surface area (TPSA) is 63.6 Å². The molecule has 1 aromatic carbocycles. The van der Waals surface area contributed by atoms with E-state index >= 15 is 0 Å². The first-order chi connectivity index (χ1) is 10.1. The van der Waals surface area contributed by atoms with Crippen LogP contribution in [0, 0.1) is 0 Å². The van der Waals surface area contributed by atoms with E-state index in [1.54, 1.807) is 18.2 Å². The number of alkyl halides is 2. The van der Waals surface area contributed by atoms with E-state index in [-0.39, 0.29) is 15.6 Å². The molecule has 2 rings (SSSR count). The molecular formula is C13H9Cl4NO3S. The predicted molar refractivity (Wildman–Crippen MR) is 88.7 cm³/mol. The maximum atomic E-state index is 12.3. The standard InChI is InChI=1S/C13H9Cl4NO3S/c1-13(17)11(16)10(8(14)9(15)12(13)19)18-22(20,21)7-5-3-2-4-6-7/h2-6,11H,1H3/b18-10-. The van der Waals surface area contributed by atoms with E-state index in [1.807, 2.05) is 0 Å². The lowest BCUT2D eigenvalue weighted by atomic mass is 9.91. The molecule has 0 heterocycles. The van der Waals surface area contributed by atoms with Gasteiger partial charge in [-0.1, -0.05) is 41.4 Å². The molecule has 0 aromatic heterocycles. The SMILES string of the molecule is CC1(Cl)C(=O)C(Cl)=C(Cl)/C(=N/S(=O)(=O)c2ccccc2)C1Cl. The van der Waals surface area contributed by atoms with E-state index in [4.69, 9.17) is 46.4 Å². The highest BCUT2D eigenvalue weighted by Crippen LogP contribution is 2.39. The Labute approximate surface area is 147 Å². The number of ketones is 1. The average molecular weight is 401 g/mol. The molecule has 0 N–H and O–H groups in total. The lowest BCUT2D eigenvalue weighted by Gasteiger charge is -2.31. The van der Waals surface area contributed by atoms with Crippen LogP contribution in [0.15, 0.2) is 49.7 Å². The van der Waals surface area contributed by atoms with Crippen molar-refractivity contribution in [2.45, 2.75) is 22.1 Å². The van der Waals surface area contributed by atoms with Crippen molar-refractivity contribution in [3.8, 4) is 0 Å². The van der Waals surface area contributed by atoms with E-state index in [0.29, 0.717) is 0 Å². The molecule has 1 aliphatic carbocycles. The normalized spacial score (nSPS) is 28.3. The fourth-order valence-electron chi connectivity index (χ4n) is 1.77. The van der Waals surface area contributed by atoms with Crippen molar-refractivity contribution >= 4 is 67.9 Å². The van der Waals surface area contributed by atoms with Gasteiger partial charge >= 0.3 is 0 Å². The quantitative estimate of drug-likeness (QED) is 0.711. The first-order valence-electron chi connectivity index (χ1n) is 5.92. The highest BCUT2D eigenvalue weighted by molar-refractivity contribution is 7.90. The largest absolute Gasteiger partial charge is 0.291 e. The van der Waals surface area contributed by atoms with Crippen LogP contribution in [0.4, 0.5) is 0 Å². The third-order valence-electron chi connectivity index (χ3n) is 3.04. The van der Waals surface area contributed by atoms with Gasteiger partial charge in [0, 0.05) is 0 Å². The molecule has 0 spiro atoms. The third kappa shape index (κ3) is 3.05. The van der Waals surface area contributed by atoms with Gasteiger partial charge in [-0.05, 0) is 19.1 Å². The van der Waals surface area contributed by atoms with Crippen LogP contribution in [0.1, 0.15) is 6.92 Å². The summed E-state index contributed by atoms with van der Waals surface area (Å²) in [6.45, 7) is 1.32. The zero-order chi connectivity index (χ0) is 16.7. The number of Topliss-reactive ketones (excluding diaryl/α,β-unsaturated/α-hetero) is 1. The van der Waals surface area contributed by atoms with Gasteiger partial charge in [0.15, 0.2) is 5.78 Å². The molecule has 2 atom stereocenters. The number of hydrogen-bond acceptors (Lipinski definition) is 3. The van der Waals surface area contributed by atoms with Gasteiger partial charge in [0.05, 0.1) is 15.6 Å². The summed E-state index contributed by atoms with van der Waals surface area (Å²) in [6.07, 6.45) is 0. The van der Waals surface area contributed by atoms with E-state index in [9.17, 15) is 13.2 Å². The monoisotopic (exact) mass is 399 g/mol. The number of nitrogens with zero attached hydrogens (tertiary/aromatic N) is 1. The number of allylic oxidation sites excluding steroid dienone is 2. The van der Waals surface area contributed by atoms with Crippen LogP contribution in [0.2, 0.25) is 0 Å². The van der Waals surface area contributed by atoms with Crippen molar-refractivity contribution in [3.05, 3.63) is 40.4 Å². The minimum absolute atomic E-state index is 0.0415. The van der Waals surface area contributed by atoms with Crippen LogP contribution in [0.5, 0.6) is 0 Å². The van der Waals surface area contributed by atoms with Gasteiger partial charge in [-0.25, -0.2) is 0 Å². The van der Waals surface area contributed by atoms with E-state index in [0.717, 1.165) is 0 Å². The third-order valence-corrected chi connectivity index (χ3v) is 6.33. The van der Waals surface area contributed by atoms with Crippen LogP contribution < -0.4 is 0 Å². The van der Waals surface area contributed by atoms with Crippen LogP contribution >= 0.6 is 46.4 Å². The summed E-state index contributed by atoms with van der Waals surface area (Å²) in [4.78, 5) is 10.3. The number of carbonyl (C=O) groups is 1. The van der Waals surface area contributed by atoms with Gasteiger partial charge in [0.1, 0.15) is 15.3 Å². The molecule has 1 aliphatic rings. The summed E-state index contributed by atoms with van der Waals surface area (Å²) in [5, 5.41) is -1.95. The summed E-state index contributed by atoms with van der Waals surface area (Å²) in [5.41, 5.74) is -0.255. The Balaban J connectivity index is 2.63. The molecule has 22 heavy (non-hydrogen) atoms. The lowest BCUT2D eigenvalue weighted by molar-refractivity contribution is -0.117. The first-order valence-corrected chi connectivity index (χ1v) is 8.93. The molecule has 118 valence electrons.